The van der Waals surface area contributed by atoms with Crippen LogP contribution >= 0.6 is 0 Å². The highest BCUT2D eigenvalue weighted by molar-refractivity contribution is 6.01. The number of hydrogen-bond donors (Lipinski definition) is 1. The molecule has 8 nitrogen and oxygen atoms in total. The number of nitrogens with zero attached hydrogens (tertiary/aromatic N) is 1. The minimum Gasteiger partial charge on any atom is -0.492 e. The molecule has 1 heterocycles. The summed E-state index contributed by atoms with van der Waals surface area (Å²) in [5.74, 6) is 0.491. The van der Waals surface area contributed by atoms with E-state index in [1.807, 2.05) is 0 Å². The molecule has 1 aliphatic rings. The molecule has 0 radical (unpaired) electrons. The number of carbonyl (C=O) groups is 2. The Balaban J connectivity index is 2.13. The highest BCUT2D eigenvalue weighted by Crippen LogP contribution is 2.49. The van der Waals surface area contributed by atoms with Crippen molar-refractivity contribution in [3.8, 4) is 28.4 Å². The van der Waals surface area contributed by atoms with Crippen LogP contribution in [0.3, 0.4) is 0 Å². The fourth-order valence-electron chi connectivity index (χ4n) is 2.90. The number of anilines is 1. The summed E-state index contributed by atoms with van der Waals surface area (Å²) in [6, 6.07) is 8.65. The number of methoxy groups -OCH3 is 2. The van der Waals surface area contributed by atoms with Crippen molar-refractivity contribution < 1.29 is 28.5 Å². The van der Waals surface area contributed by atoms with E-state index in [-0.39, 0.29) is 24.8 Å². The molecule has 0 bridgehead atoms. The van der Waals surface area contributed by atoms with E-state index in [1.54, 1.807) is 37.4 Å². The summed E-state index contributed by atoms with van der Waals surface area (Å²) < 4.78 is 21.3. The predicted octanol–water partition coefficient (Wildman–Crippen LogP) is 1.80. The summed E-state index contributed by atoms with van der Waals surface area (Å²) in [4.78, 5) is 25.6. The van der Waals surface area contributed by atoms with Gasteiger partial charge in [-0.25, -0.2) is 4.79 Å². The van der Waals surface area contributed by atoms with E-state index >= 15 is 0 Å². The van der Waals surface area contributed by atoms with Crippen molar-refractivity contribution >= 4 is 17.6 Å². The van der Waals surface area contributed by atoms with E-state index in [4.69, 9.17) is 24.7 Å². The zero-order chi connectivity index (χ0) is 19.6. The summed E-state index contributed by atoms with van der Waals surface area (Å²) in [5.41, 5.74) is 7.59. The second-order valence-corrected chi connectivity index (χ2v) is 5.76. The van der Waals surface area contributed by atoms with Crippen molar-refractivity contribution in [3.05, 3.63) is 35.9 Å². The molecule has 0 saturated heterocycles. The van der Waals surface area contributed by atoms with Crippen molar-refractivity contribution in [3.63, 3.8) is 0 Å². The molecule has 2 aromatic rings. The number of amides is 1. The van der Waals surface area contributed by atoms with Crippen molar-refractivity contribution in [2.75, 3.05) is 39.5 Å². The quantitative estimate of drug-likeness (QED) is 0.799. The number of rotatable bonds is 5. The monoisotopic (exact) mass is 372 g/mol. The van der Waals surface area contributed by atoms with E-state index in [1.165, 1.54) is 19.1 Å². The van der Waals surface area contributed by atoms with Crippen LogP contribution in [0.2, 0.25) is 0 Å². The largest absolute Gasteiger partial charge is 0.492 e. The third kappa shape index (κ3) is 3.26. The van der Waals surface area contributed by atoms with Crippen molar-refractivity contribution in [2.24, 2.45) is 5.73 Å². The number of benzene rings is 2. The topological polar surface area (TPSA) is 100 Å². The maximum atomic E-state index is 12.3. The van der Waals surface area contributed by atoms with Gasteiger partial charge in [0.1, 0.15) is 0 Å². The Kier molecular flexibility index (Phi) is 5.18. The summed E-state index contributed by atoms with van der Waals surface area (Å²) in [6.07, 6.45) is 0. The van der Waals surface area contributed by atoms with Crippen LogP contribution in [-0.2, 0) is 9.53 Å². The van der Waals surface area contributed by atoms with Crippen LogP contribution in [0.25, 0.3) is 11.1 Å². The Morgan fingerprint density at radius 3 is 2.48 bits per heavy atom. The van der Waals surface area contributed by atoms with Gasteiger partial charge in [-0.05, 0) is 23.8 Å². The summed E-state index contributed by atoms with van der Waals surface area (Å²) in [5, 5.41) is 0. The minimum absolute atomic E-state index is 0.0424. The Hall–Kier alpha value is -3.26. The first-order chi connectivity index (χ1) is 13.0. The van der Waals surface area contributed by atoms with Crippen LogP contribution in [0.1, 0.15) is 10.4 Å². The molecule has 142 valence electrons. The van der Waals surface area contributed by atoms with Crippen LogP contribution in [0, 0.1) is 0 Å². The van der Waals surface area contributed by atoms with E-state index < -0.39 is 5.97 Å². The molecule has 2 N–H and O–H groups in total. The van der Waals surface area contributed by atoms with Crippen LogP contribution < -0.4 is 24.8 Å². The first kappa shape index (κ1) is 18.5. The molecule has 8 heteroatoms. The smallest absolute Gasteiger partial charge is 0.338 e. The number of nitrogens with two attached hydrogens (primary N) is 1. The number of hydrogen-bond acceptors (Lipinski definition) is 7. The van der Waals surface area contributed by atoms with Gasteiger partial charge in [-0.3, -0.25) is 4.79 Å². The molecule has 0 saturated carbocycles. The highest BCUT2D eigenvalue weighted by Gasteiger charge is 2.29. The van der Waals surface area contributed by atoms with E-state index in [2.05, 4.69) is 0 Å². The molecule has 0 aliphatic carbocycles. The van der Waals surface area contributed by atoms with Crippen LogP contribution in [0.15, 0.2) is 30.3 Å². The minimum atomic E-state index is -0.527. The molecule has 0 aromatic heterocycles. The fraction of sp³-hybridized carbons (Fsp3) is 0.263. The van der Waals surface area contributed by atoms with Gasteiger partial charge in [-0.2, -0.15) is 0 Å². The Bertz CT molecular complexity index is 879. The number of esters is 1. The number of likely N-dealkylation sites (N-methyl/N-ethyl adjacent to an activating group) is 1. The van der Waals surface area contributed by atoms with Crippen molar-refractivity contribution in [1.82, 2.24) is 0 Å². The summed E-state index contributed by atoms with van der Waals surface area (Å²) in [6.45, 7) is -0.0403. The van der Waals surface area contributed by atoms with Gasteiger partial charge in [-0.1, -0.05) is 12.1 Å². The third-order valence-corrected chi connectivity index (χ3v) is 4.32. The van der Waals surface area contributed by atoms with Gasteiger partial charge in [0, 0.05) is 18.3 Å². The predicted molar refractivity (Wildman–Crippen MR) is 98.4 cm³/mol. The van der Waals surface area contributed by atoms with Crippen LogP contribution in [0.5, 0.6) is 17.2 Å². The standard InChI is InChI=1S/C19H20N2O6/c1-21(15(22)9-20)12-6-4-11(5-7-12)16-13(19(23)25-3)8-14-17(18(16)24-2)27-10-26-14/h4-8H,9-10,20H2,1-3H3. The molecule has 3 rings (SSSR count). The molecule has 27 heavy (non-hydrogen) atoms. The van der Waals surface area contributed by atoms with E-state index in [0.29, 0.717) is 34.1 Å². The molecule has 1 aliphatic heterocycles. The van der Waals surface area contributed by atoms with Gasteiger partial charge < -0.3 is 29.6 Å². The first-order valence-electron chi connectivity index (χ1n) is 8.17. The zero-order valence-electron chi connectivity index (χ0n) is 15.3. The van der Waals surface area contributed by atoms with Gasteiger partial charge in [0.15, 0.2) is 11.5 Å². The van der Waals surface area contributed by atoms with E-state index in [9.17, 15) is 9.59 Å². The average Bonchev–Trinajstić information content (AvgIpc) is 3.19. The number of ether oxygens (including phenoxy) is 4. The van der Waals surface area contributed by atoms with Gasteiger partial charge in [0.05, 0.1) is 26.3 Å². The SMILES string of the molecule is COC(=O)c1cc2c(c(OC)c1-c1ccc(N(C)C(=O)CN)cc1)OCO2. The molecule has 0 spiro atoms. The average molecular weight is 372 g/mol. The van der Waals surface area contributed by atoms with Crippen molar-refractivity contribution in [1.29, 1.82) is 0 Å². The maximum absolute atomic E-state index is 12.3. The second-order valence-electron chi connectivity index (χ2n) is 5.76. The molecule has 0 atom stereocenters. The lowest BCUT2D eigenvalue weighted by atomic mass is 9.97. The Labute approximate surface area is 156 Å². The first-order valence-corrected chi connectivity index (χ1v) is 8.17. The Morgan fingerprint density at radius 1 is 1.19 bits per heavy atom. The zero-order valence-corrected chi connectivity index (χ0v) is 15.3. The molecular formula is C19H20N2O6. The lowest BCUT2D eigenvalue weighted by molar-refractivity contribution is -0.117. The molecule has 1 amide bonds. The Morgan fingerprint density at radius 2 is 1.89 bits per heavy atom. The van der Waals surface area contributed by atoms with Gasteiger partial charge in [-0.15, -0.1) is 0 Å². The summed E-state index contributed by atoms with van der Waals surface area (Å²) >= 11 is 0. The lowest BCUT2D eigenvalue weighted by Gasteiger charge is -2.18. The second kappa shape index (κ2) is 7.55. The van der Waals surface area contributed by atoms with E-state index in [0.717, 1.165) is 0 Å². The lowest BCUT2D eigenvalue weighted by Crippen LogP contribution is -2.32. The molecule has 2 aromatic carbocycles. The number of fused-ring (bicyclic) bond motifs is 1. The molecule has 0 unspecified atom stereocenters. The molecule has 0 fully saturated rings. The van der Waals surface area contributed by atoms with Gasteiger partial charge in [0.25, 0.3) is 0 Å². The van der Waals surface area contributed by atoms with Gasteiger partial charge >= 0.3 is 5.97 Å². The highest BCUT2D eigenvalue weighted by atomic mass is 16.7. The van der Waals surface area contributed by atoms with Gasteiger partial charge in [0.2, 0.25) is 18.4 Å². The summed E-state index contributed by atoms with van der Waals surface area (Å²) in [7, 11) is 4.44. The maximum Gasteiger partial charge on any atom is 0.338 e. The van der Waals surface area contributed by atoms with Crippen molar-refractivity contribution in [2.45, 2.75) is 0 Å². The fourth-order valence-corrected chi connectivity index (χ4v) is 2.90. The normalized spacial score (nSPS) is 11.9. The number of carbonyl (C=O) groups excluding carboxylic acids is 2. The third-order valence-electron chi connectivity index (χ3n) is 4.32. The van der Waals surface area contributed by atoms with Crippen LogP contribution in [0.4, 0.5) is 5.69 Å². The molecular weight excluding hydrogens is 352 g/mol. The van der Waals surface area contributed by atoms with Crippen LogP contribution in [-0.4, -0.2) is 46.5 Å².